The van der Waals surface area contributed by atoms with Gasteiger partial charge in [-0.3, -0.25) is 24.0 Å². The molecule has 30 heavy (non-hydrogen) atoms. The van der Waals surface area contributed by atoms with E-state index < -0.39 is 73.1 Å². The van der Waals surface area contributed by atoms with Gasteiger partial charge in [0.05, 0.1) is 13.0 Å². The molecule has 3 unspecified atom stereocenters. The Kier molecular flexibility index (Phi) is 11.7. The minimum atomic E-state index is -1.52. The van der Waals surface area contributed by atoms with Crippen LogP contribution in [0.1, 0.15) is 39.5 Å². The topological polar surface area (TPSA) is 231 Å². The number of amides is 4. The van der Waals surface area contributed by atoms with Gasteiger partial charge in [-0.1, -0.05) is 13.8 Å². The van der Waals surface area contributed by atoms with Crippen LogP contribution in [-0.4, -0.2) is 70.5 Å². The van der Waals surface area contributed by atoms with E-state index in [-0.39, 0.29) is 18.8 Å². The van der Waals surface area contributed by atoms with Crippen molar-refractivity contribution in [3.05, 3.63) is 0 Å². The Morgan fingerprint density at radius 3 is 1.83 bits per heavy atom. The third-order valence-corrected chi connectivity index (χ3v) is 3.84. The molecule has 0 fully saturated rings. The third kappa shape index (κ3) is 10.9. The zero-order valence-corrected chi connectivity index (χ0v) is 16.8. The number of carboxylic acids is 2. The van der Waals surface area contributed by atoms with Gasteiger partial charge in [-0.15, -0.1) is 0 Å². The molecule has 0 spiro atoms. The van der Waals surface area contributed by atoms with Gasteiger partial charge in [0.25, 0.3) is 0 Å². The van der Waals surface area contributed by atoms with Gasteiger partial charge in [0.1, 0.15) is 18.1 Å². The van der Waals surface area contributed by atoms with Crippen LogP contribution in [0, 0.1) is 5.92 Å². The quantitative estimate of drug-likeness (QED) is 0.151. The maximum Gasteiger partial charge on any atom is 0.326 e. The number of carbonyl (C=O) groups excluding carboxylic acids is 4. The van der Waals surface area contributed by atoms with Gasteiger partial charge in [-0.05, 0) is 18.8 Å². The predicted molar refractivity (Wildman–Crippen MR) is 103 cm³/mol. The monoisotopic (exact) mass is 431 g/mol. The lowest BCUT2D eigenvalue weighted by atomic mass is 10.0. The van der Waals surface area contributed by atoms with E-state index in [9.17, 15) is 33.9 Å². The summed E-state index contributed by atoms with van der Waals surface area (Å²) in [6, 6.07) is -4.12. The van der Waals surface area contributed by atoms with Gasteiger partial charge < -0.3 is 37.6 Å². The zero-order chi connectivity index (χ0) is 23.4. The smallest absolute Gasteiger partial charge is 0.326 e. The van der Waals surface area contributed by atoms with Gasteiger partial charge >= 0.3 is 11.9 Å². The third-order valence-electron chi connectivity index (χ3n) is 3.84. The fourth-order valence-corrected chi connectivity index (χ4v) is 2.44. The number of nitrogens with two attached hydrogens (primary N) is 2. The Morgan fingerprint density at radius 1 is 0.867 bits per heavy atom. The van der Waals surface area contributed by atoms with Crippen LogP contribution in [0.15, 0.2) is 0 Å². The van der Waals surface area contributed by atoms with Crippen molar-refractivity contribution in [3.8, 4) is 0 Å². The van der Waals surface area contributed by atoms with Crippen LogP contribution in [0.25, 0.3) is 0 Å². The van der Waals surface area contributed by atoms with Gasteiger partial charge in [0, 0.05) is 6.42 Å². The predicted octanol–water partition coefficient (Wildman–Crippen LogP) is -2.73. The number of rotatable bonds is 14. The van der Waals surface area contributed by atoms with Crippen molar-refractivity contribution < 1.29 is 39.0 Å². The Labute approximate surface area is 172 Å². The number of hydrogen-bond donors (Lipinski definition) is 7. The van der Waals surface area contributed by atoms with Crippen LogP contribution in [0.3, 0.4) is 0 Å². The second-order valence-corrected chi connectivity index (χ2v) is 7.02. The van der Waals surface area contributed by atoms with Crippen LogP contribution >= 0.6 is 0 Å². The lowest BCUT2D eigenvalue weighted by Gasteiger charge is -2.24. The van der Waals surface area contributed by atoms with Crippen LogP contribution in [0.2, 0.25) is 0 Å². The van der Waals surface area contributed by atoms with Crippen molar-refractivity contribution in [1.29, 1.82) is 0 Å². The SMILES string of the molecule is CC(C)CC(NC(=O)C(CC(N)=O)NC(=O)C(CCC(=O)O)NC(=O)CN)C(=O)O. The number of aliphatic carboxylic acids is 2. The molecule has 0 aromatic carbocycles. The molecule has 0 saturated heterocycles. The van der Waals surface area contributed by atoms with Gasteiger partial charge in [-0.2, -0.15) is 0 Å². The van der Waals surface area contributed by atoms with E-state index in [1.165, 1.54) is 0 Å². The number of nitrogens with one attached hydrogen (secondary N) is 3. The van der Waals surface area contributed by atoms with Crippen molar-refractivity contribution >= 4 is 35.6 Å². The van der Waals surface area contributed by atoms with Gasteiger partial charge in [0.15, 0.2) is 0 Å². The Hall–Kier alpha value is -3.22. The first-order valence-corrected chi connectivity index (χ1v) is 9.20. The highest BCUT2D eigenvalue weighted by Crippen LogP contribution is 2.07. The van der Waals surface area contributed by atoms with E-state index in [0.717, 1.165) is 0 Å². The van der Waals surface area contributed by atoms with Crippen LogP contribution in [0.4, 0.5) is 0 Å². The molecule has 0 saturated carbocycles. The first kappa shape index (κ1) is 26.8. The summed E-state index contributed by atoms with van der Waals surface area (Å²) in [5.41, 5.74) is 10.3. The molecule has 0 aliphatic carbocycles. The summed E-state index contributed by atoms with van der Waals surface area (Å²) in [6.45, 7) is 3.04. The summed E-state index contributed by atoms with van der Waals surface area (Å²) in [7, 11) is 0. The van der Waals surface area contributed by atoms with Crippen molar-refractivity contribution in [2.45, 2.75) is 57.7 Å². The molecule has 0 bridgehead atoms. The Morgan fingerprint density at radius 2 is 1.40 bits per heavy atom. The number of carboxylic acid groups (broad SMARTS) is 2. The summed E-state index contributed by atoms with van der Waals surface area (Å²) in [5, 5.41) is 24.7. The lowest BCUT2D eigenvalue weighted by molar-refractivity contribution is -0.143. The van der Waals surface area contributed by atoms with Crippen LogP contribution in [-0.2, 0) is 28.8 Å². The standard InChI is InChI=1S/C17H29N5O8/c1-8(2)5-11(17(29)30)22-16(28)10(6-12(19)23)21-15(27)9(3-4-14(25)26)20-13(24)7-18/h8-11H,3-7,18H2,1-2H3,(H2,19,23)(H,20,24)(H,21,27)(H,22,28)(H,25,26)(H,29,30). The largest absolute Gasteiger partial charge is 0.481 e. The van der Waals surface area contributed by atoms with Crippen molar-refractivity contribution in [1.82, 2.24) is 16.0 Å². The molecule has 3 atom stereocenters. The Bertz CT molecular complexity index is 667. The molecule has 4 amide bonds. The van der Waals surface area contributed by atoms with Gasteiger partial charge in [0.2, 0.25) is 23.6 Å². The molecule has 0 heterocycles. The highest BCUT2D eigenvalue weighted by atomic mass is 16.4. The summed E-state index contributed by atoms with van der Waals surface area (Å²) in [5.74, 6) is -6.18. The molecule has 9 N–H and O–H groups in total. The minimum absolute atomic E-state index is 0.0672. The second kappa shape index (κ2) is 13.1. The summed E-state index contributed by atoms with van der Waals surface area (Å²) < 4.78 is 0. The van der Waals surface area contributed by atoms with E-state index in [1.54, 1.807) is 13.8 Å². The van der Waals surface area contributed by atoms with Crippen molar-refractivity contribution in [2.75, 3.05) is 6.54 Å². The molecular weight excluding hydrogens is 402 g/mol. The normalized spacial score (nSPS) is 13.6. The minimum Gasteiger partial charge on any atom is -0.481 e. The average molecular weight is 431 g/mol. The Balaban J connectivity index is 5.41. The molecule has 0 rings (SSSR count). The summed E-state index contributed by atoms with van der Waals surface area (Å²) in [4.78, 5) is 69.9. The number of hydrogen-bond acceptors (Lipinski definition) is 7. The lowest BCUT2D eigenvalue weighted by Crippen LogP contribution is -2.57. The van der Waals surface area contributed by atoms with Gasteiger partial charge in [-0.25, -0.2) is 4.79 Å². The van der Waals surface area contributed by atoms with Crippen molar-refractivity contribution in [2.24, 2.45) is 17.4 Å². The highest BCUT2D eigenvalue weighted by Gasteiger charge is 2.30. The summed E-state index contributed by atoms with van der Waals surface area (Å²) in [6.07, 6.45) is -1.30. The first-order valence-electron chi connectivity index (χ1n) is 9.20. The van der Waals surface area contributed by atoms with Crippen LogP contribution < -0.4 is 27.4 Å². The molecule has 0 aromatic heterocycles. The fourth-order valence-electron chi connectivity index (χ4n) is 2.44. The fraction of sp³-hybridized carbons (Fsp3) is 0.647. The van der Waals surface area contributed by atoms with E-state index in [2.05, 4.69) is 16.0 Å². The molecule has 0 radical (unpaired) electrons. The maximum atomic E-state index is 12.5. The molecule has 0 aliphatic heterocycles. The highest BCUT2D eigenvalue weighted by molar-refractivity contribution is 5.95. The molecule has 0 aliphatic rings. The van der Waals surface area contributed by atoms with E-state index in [4.69, 9.17) is 16.6 Å². The van der Waals surface area contributed by atoms with Crippen LogP contribution in [0.5, 0.6) is 0 Å². The zero-order valence-electron chi connectivity index (χ0n) is 16.8. The molecular formula is C17H29N5O8. The molecule has 13 nitrogen and oxygen atoms in total. The van der Waals surface area contributed by atoms with Crippen molar-refractivity contribution in [3.63, 3.8) is 0 Å². The molecule has 13 heteroatoms. The maximum absolute atomic E-state index is 12.5. The van der Waals surface area contributed by atoms with E-state index in [0.29, 0.717) is 0 Å². The molecule has 170 valence electrons. The summed E-state index contributed by atoms with van der Waals surface area (Å²) >= 11 is 0. The molecule has 0 aromatic rings. The van der Waals surface area contributed by atoms with E-state index in [1.807, 2.05) is 0 Å². The number of primary amides is 1. The number of carbonyl (C=O) groups is 6. The first-order chi connectivity index (χ1) is 13.9. The second-order valence-electron chi connectivity index (χ2n) is 7.02. The average Bonchev–Trinajstić information content (AvgIpc) is 2.62. The van der Waals surface area contributed by atoms with E-state index >= 15 is 0 Å².